The van der Waals surface area contributed by atoms with Gasteiger partial charge in [0.05, 0.1) is 5.69 Å². The number of anilines is 2. The number of hydrogen-bond donors (Lipinski definition) is 2. The van der Waals surface area contributed by atoms with Gasteiger partial charge in [-0.1, -0.05) is 41.7 Å². The molecule has 1 aromatic heterocycles. The van der Waals surface area contributed by atoms with Crippen molar-refractivity contribution in [3.63, 3.8) is 0 Å². The molecular formula is C20H17N3O3S. The molecule has 3 aromatic rings. The summed E-state index contributed by atoms with van der Waals surface area (Å²) in [5.74, 6) is 1.14. The number of aromatic nitrogens is 1. The predicted octanol–water partition coefficient (Wildman–Crippen LogP) is 4.37. The highest BCUT2D eigenvalue weighted by Gasteiger charge is 2.25. The average molecular weight is 379 g/mol. The Morgan fingerprint density at radius 2 is 1.89 bits per heavy atom. The number of hydrogen-bond acceptors (Lipinski definition) is 6. The van der Waals surface area contributed by atoms with Crippen LogP contribution in [-0.2, 0) is 0 Å². The third-order valence-electron chi connectivity index (χ3n) is 4.42. The highest BCUT2D eigenvalue weighted by atomic mass is 32.1. The molecule has 136 valence electrons. The quantitative estimate of drug-likeness (QED) is 0.689. The van der Waals surface area contributed by atoms with Crippen molar-refractivity contribution in [1.29, 1.82) is 0 Å². The van der Waals surface area contributed by atoms with Crippen LogP contribution in [0.2, 0.25) is 0 Å². The lowest BCUT2D eigenvalue weighted by molar-refractivity contribution is 0.103. The second-order valence-corrected chi connectivity index (χ2v) is 7.50. The molecule has 2 aromatic carbocycles. The van der Waals surface area contributed by atoms with E-state index < -0.39 is 0 Å². The number of fused-ring (bicyclic) bond motifs is 1. The van der Waals surface area contributed by atoms with Gasteiger partial charge in [-0.3, -0.25) is 4.79 Å². The molecule has 0 atom stereocenters. The van der Waals surface area contributed by atoms with Gasteiger partial charge in [0.25, 0.3) is 5.91 Å². The van der Waals surface area contributed by atoms with Gasteiger partial charge < -0.3 is 20.1 Å². The third kappa shape index (κ3) is 3.33. The van der Waals surface area contributed by atoms with Gasteiger partial charge in [0.1, 0.15) is 4.88 Å². The van der Waals surface area contributed by atoms with E-state index in [4.69, 9.17) is 9.47 Å². The minimum Gasteiger partial charge on any atom is -0.454 e. The molecule has 2 heterocycles. The van der Waals surface area contributed by atoms with E-state index in [-0.39, 0.29) is 12.7 Å². The summed E-state index contributed by atoms with van der Waals surface area (Å²) < 4.78 is 10.7. The lowest BCUT2D eigenvalue weighted by Gasteiger charge is -2.06. The SMILES string of the molecule is O=C(Nc1ccc2c(c1)OCO2)c1sc(NC2CC2)nc1-c1ccccc1. The monoisotopic (exact) mass is 379 g/mol. The fraction of sp³-hybridized carbons (Fsp3) is 0.200. The summed E-state index contributed by atoms with van der Waals surface area (Å²) in [5.41, 5.74) is 2.28. The van der Waals surface area contributed by atoms with E-state index in [1.54, 1.807) is 18.2 Å². The first-order chi connectivity index (χ1) is 13.3. The molecule has 27 heavy (non-hydrogen) atoms. The number of nitrogens with zero attached hydrogens (tertiary/aromatic N) is 1. The Morgan fingerprint density at radius 3 is 2.70 bits per heavy atom. The van der Waals surface area contributed by atoms with E-state index in [9.17, 15) is 4.79 Å². The zero-order chi connectivity index (χ0) is 18.2. The number of carbonyl (C=O) groups is 1. The highest BCUT2D eigenvalue weighted by molar-refractivity contribution is 7.18. The Bertz CT molecular complexity index is 999. The van der Waals surface area contributed by atoms with E-state index in [0.29, 0.717) is 33.8 Å². The molecule has 0 radical (unpaired) electrons. The molecule has 0 unspecified atom stereocenters. The molecule has 7 heteroatoms. The lowest BCUT2D eigenvalue weighted by Crippen LogP contribution is -2.11. The molecule has 1 amide bonds. The minimum absolute atomic E-state index is 0.186. The van der Waals surface area contributed by atoms with Gasteiger partial charge in [0, 0.05) is 23.4 Å². The maximum Gasteiger partial charge on any atom is 0.268 e. The van der Waals surface area contributed by atoms with E-state index in [1.807, 2.05) is 30.3 Å². The number of ether oxygens (including phenoxy) is 2. The first-order valence-electron chi connectivity index (χ1n) is 8.80. The zero-order valence-corrected chi connectivity index (χ0v) is 15.2. The molecule has 1 aliphatic heterocycles. The number of amides is 1. The van der Waals surface area contributed by atoms with Crippen molar-refractivity contribution < 1.29 is 14.3 Å². The van der Waals surface area contributed by atoms with Crippen molar-refractivity contribution >= 4 is 28.1 Å². The standard InChI is InChI=1S/C20H17N3O3S/c24-19(21-14-8-9-15-16(10-14)26-11-25-15)18-17(12-4-2-1-3-5-12)23-20(27-18)22-13-6-7-13/h1-5,8-10,13H,6-7,11H2,(H,21,24)(H,22,23). The summed E-state index contributed by atoms with van der Waals surface area (Å²) in [5, 5.41) is 7.12. The summed E-state index contributed by atoms with van der Waals surface area (Å²) in [6, 6.07) is 15.6. The van der Waals surface area contributed by atoms with Crippen LogP contribution in [0.3, 0.4) is 0 Å². The van der Waals surface area contributed by atoms with Crippen molar-refractivity contribution in [2.45, 2.75) is 18.9 Å². The summed E-state index contributed by atoms with van der Waals surface area (Å²) >= 11 is 1.39. The van der Waals surface area contributed by atoms with E-state index in [1.165, 1.54) is 11.3 Å². The molecule has 0 bridgehead atoms. The van der Waals surface area contributed by atoms with Crippen LogP contribution in [0.25, 0.3) is 11.3 Å². The van der Waals surface area contributed by atoms with Crippen LogP contribution in [-0.4, -0.2) is 23.7 Å². The van der Waals surface area contributed by atoms with Gasteiger partial charge in [-0.15, -0.1) is 0 Å². The number of thiazole rings is 1. The molecule has 6 nitrogen and oxygen atoms in total. The van der Waals surface area contributed by atoms with Crippen LogP contribution < -0.4 is 20.1 Å². The topological polar surface area (TPSA) is 72.5 Å². The molecule has 1 aliphatic carbocycles. The van der Waals surface area contributed by atoms with Crippen LogP contribution in [0.5, 0.6) is 11.5 Å². The number of rotatable bonds is 5. The van der Waals surface area contributed by atoms with Crippen molar-refractivity contribution in [1.82, 2.24) is 4.98 Å². The Hall–Kier alpha value is -3.06. The van der Waals surface area contributed by atoms with Gasteiger partial charge in [-0.25, -0.2) is 4.98 Å². The summed E-state index contributed by atoms with van der Waals surface area (Å²) in [4.78, 5) is 18.3. The molecule has 5 rings (SSSR count). The average Bonchev–Trinajstić information content (AvgIpc) is 3.21. The fourth-order valence-electron chi connectivity index (χ4n) is 2.89. The second-order valence-electron chi connectivity index (χ2n) is 6.50. The van der Waals surface area contributed by atoms with Gasteiger partial charge >= 0.3 is 0 Å². The molecule has 1 saturated carbocycles. The normalized spacial score (nSPS) is 14.8. The van der Waals surface area contributed by atoms with Gasteiger partial charge in [0.15, 0.2) is 16.6 Å². The third-order valence-corrected chi connectivity index (χ3v) is 5.40. The Morgan fingerprint density at radius 1 is 1.07 bits per heavy atom. The maximum atomic E-state index is 13.0. The minimum atomic E-state index is -0.186. The predicted molar refractivity (Wildman–Crippen MR) is 105 cm³/mol. The number of nitrogens with one attached hydrogen (secondary N) is 2. The van der Waals surface area contributed by atoms with Crippen LogP contribution in [0.15, 0.2) is 48.5 Å². The van der Waals surface area contributed by atoms with Crippen LogP contribution in [0.1, 0.15) is 22.5 Å². The largest absolute Gasteiger partial charge is 0.454 e. The lowest BCUT2D eigenvalue weighted by atomic mass is 10.1. The maximum absolute atomic E-state index is 13.0. The Kier molecular flexibility index (Phi) is 3.94. The highest BCUT2D eigenvalue weighted by Crippen LogP contribution is 2.36. The van der Waals surface area contributed by atoms with Gasteiger partial charge in [-0.05, 0) is 25.0 Å². The number of benzene rings is 2. The van der Waals surface area contributed by atoms with E-state index in [2.05, 4.69) is 15.6 Å². The van der Waals surface area contributed by atoms with Crippen LogP contribution in [0, 0.1) is 0 Å². The molecular weight excluding hydrogens is 362 g/mol. The summed E-state index contributed by atoms with van der Waals surface area (Å²) in [6.45, 7) is 0.204. The second kappa shape index (κ2) is 6.59. The van der Waals surface area contributed by atoms with Crippen molar-refractivity contribution in [2.24, 2.45) is 0 Å². The van der Waals surface area contributed by atoms with Crippen molar-refractivity contribution in [2.75, 3.05) is 17.4 Å². The summed E-state index contributed by atoms with van der Waals surface area (Å²) in [6.07, 6.45) is 2.30. The van der Waals surface area contributed by atoms with E-state index >= 15 is 0 Å². The van der Waals surface area contributed by atoms with Crippen molar-refractivity contribution in [3.05, 3.63) is 53.4 Å². The Labute approximate surface area is 160 Å². The van der Waals surface area contributed by atoms with Crippen LogP contribution in [0.4, 0.5) is 10.8 Å². The zero-order valence-electron chi connectivity index (χ0n) is 14.4. The molecule has 1 fully saturated rings. The molecule has 0 spiro atoms. The molecule has 0 saturated heterocycles. The van der Waals surface area contributed by atoms with Crippen LogP contribution >= 0.6 is 11.3 Å². The number of carbonyl (C=O) groups excluding carboxylic acids is 1. The molecule has 2 N–H and O–H groups in total. The van der Waals surface area contributed by atoms with Gasteiger partial charge in [0.2, 0.25) is 6.79 Å². The smallest absolute Gasteiger partial charge is 0.268 e. The summed E-state index contributed by atoms with van der Waals surface area (Å²) in [7, 11) is 0. The molecule has 2 aliphatic rings. The van der Waals surface area contributed by atoms with Gasteiger partial charge in [-0.2, -0.15) is 0 Å². The Balaban J connectivity index is 1.45. The first-order valence-corrected chi connectivity index (χ1v) is 9.62. The first kappa shape index (κ1) is 16.1. The van der Waals surface area contributed by atoms with Crippen molar-refractivity contribution in [3.8, 4) is 22.8 Å². The fourth-order valence-corrected chi connectivity index (χ4v) is 3.85. The van der Waals surface area contributed by atoms with E-state index in [0.717, 1.165) is 23.5 Å².